The summed E-state index contributed by atoms with van der Waals surface area (Å²) in [6.07, 6.45) is 3.29. The number of para-hydroxylation sites is 1. The van der Waals surface area contributed by atoms with E-state index < -0.39 is 0 Å². The van der Waals surface area contributed by atoms with Crippen molar-refractivity contribution in [2.75, 3.05) is 24.6 Å². The molecule has 1 heterocycles. The Balaban J connectivity index is 2.04. The number of aliphatic hydroxyl groups is 1. The highest BCUT2D eigenvalue weighted by Gasteiger charge is 2.19. The molecule has 0 bridgehead atoms. The molecule has 1 fully saturated rings. The monoisotopic (exact) mass is 190 g/mol. The number of rotatable bonds is 2. The average Bonchev–Trinajstić information content (AvgIpc) is 2.30. The van der Waals surface area contributed by atoms with Gasteiger partial charge in [0, 0.05) is 31.3 Å². The first-order chi connectivity index (χ1) is 6.90. The van der Waals surface area contributed by atoms with Gasteiger partial charge in [0.05, 0.1) is 0 Å². The van der Waals surface area contributed by atoms with Gasteiger partial charge in [0.25, 0.3) is 0 Å². The summed E-state index contributed by atoms with van der Waals surface area (Å²) >= 11 is 0. The molecule has 0 aromatic heterocycles. The van der Waals surface area contributed by atoms with Gasteiger partial charge in [-0.05, 0) is 25.0 Å². The Morgan fingerprint density at radius 2 is 2.07 bits per heavy atom. The Hall–Kier alpha value is -1.02. The molecule has 1 radical (unpaired) electrons. The first-order valence-corrected chi connectivity index (χ1v) is 5.14. The fraction of sp³-hybridized carbons (Fsp3) is 0.417. The molecule has 0 saturated carbocycles. The highest BCUT2D eigenvalue weighted by Crippen LogP contribution is 2.21. The summed E-state index contributed by atoms with van der Waals surface area (Å²) in [6, 6.07) is 10.4. The van der Waals surface area contributed by atoms with E-state index in [0.717, 1.165) is 19.5 Å². The van der Waals surface area contributed by atoms with Crippen molar-refractivity contribution < 1.29 is 5.11 Å². The lowest BCUT2D eigenvalue weighted by molar-refractivity contribution is 0.237. The van der Waals surface area contributed by atoms with Gasteiger partial charge < -0.3 is 10.0 Å². The fourth-order valence-electron chi connectivity index (χ4n) is 1.92. The van der Waals surface area contributed by atoms with Gasteiger partial charge in [-0.25, -0.2) is 0 Å². The van der Waals surface area contributed by atoms with Crippen LogP contribution in [0.25, 0.3) is 0 Å². The van der Waals surface area contributed by atoms with E-state index in [1.807, 2.05) is 6.07 Å². The number of nitrogens with zero attached hydrogens (tertiary/aromatic N) is 1. The Bertz CT molecular complexity index is 273. The van der Waals surface area contributed by atoms with Crippen LogP contribution in [0.5, 0.6) is 0 Å². The third kappa shape index (κ3) is 2.07. The van der Waals surface area contributed by atoms with Gasteiger partial charge in [0.1, 0.15) is 0 Å². The van der Waals surface area contributed by atoms with Gasteiger partial charge in [-0.3, -0.25) is 0 Å². The van der Waals surface area contributed by atoms with Gasteiger partial charge in [0.2, 0.25) is 0 Å². The molecule has 2 rings (SSSR count). The largest absolute Gasteiger partial charge is 0.396 e. The second-order valence-electron chi connectivity index (χ2n) is 3.75. The molecule has 1 aliphatic rings. The van der Waals surface area contributed by atoms with Crippen molar-refractivity contribution in [3.63, 3.8) is 0 Å². The quantitative estimate of drug-likeness (QED) is 0.767. The minimum Gasteiger partial charge on any atom is -0.396 e. The van der Waals surface area contributed by atoms with E-state index in [1.54, 1.807) is 0 Å². The Morgan fingerprint density at radius 1 is 1.29 bits per heavy atom. The lowest BCUT2D eigenvalue weighted by Crippen LogP contribution is -2.37. The number of hydrogen-bond donors (Lipinski definition) is 1. The van der Waals surface area contributed by atoms with E-state index in [1.165, 1.54) is 5.69 Å². The number of benzene rings is 1. The summed E-state index contributed by atoms with van der Waals surface area (Å²) in [6.45, 7) is 2.28. The van der Waals surface area contributed by atoms with Crippen molar-refractivity contribution in [2.24, 2.45) is 5.92 Å². The zero-order valence-electron chi connectivity index (χ0n) is 8.26. The summed E-state index contributed by atoms with van der Waals surface area (Å²) in [5.41, 5.74) is 1.26. The maximum atomic E-state index is 9.10. The van der Waals surface area contributed by atoms with E-state index >= 15 is 0 Å². The van der Waals surface area contributed by atoms with Crippen LogP contribution in [-0.4, -0.2) is 24.8 Å². The maximum Gasteiger partial charge on any atom is 0.0478 e. The van der Waals surface area contributed by atoms with Crippen LogP contribution in [-0.2, 0) is 0 Å². The first kappa shape index (κ1) is 9.53. The summed E-state index contributed by atoms with van der Waals surface area (Å²) in [7, 11) is 0. The number of hydrogen-bond acceptors (Lipinski definition) is 2. The van der Waals surface area contributed by atoms with Gasteiger partial charge >= 0.3 is 0 Å². The van der Waals surface area contributed by atoms with E-state index in [9.17, 15) is 0 Å². The van der Waals surface area contributed by atoms with Gasteiger partial charge in [0.15, 0.2) is 0 Å². The second kappa shape index (κ2) is 4.47. The van der Waals surface area contributed by atoms with Gasteiger partial charge in [-0.15, -0.1) is 0 Å². The van der Waals surface area contributed by atoms with Crippen molar-refractivity contribution in [1.82, 2.24) is 0 Å². The van der Waals surface area contributed by atoms with Crippen LogP contribution < -0.4 is 4.90 Å². The van der Waals surface area contributed by atoms with Gasteiger partial charge in [-0.2, -0.15) is 0 Å². The standard InChI is InChI=1S/C12H16NO/c14-10-11-5-4-8-13(9-11)12-6-2-1-3-7-12/h1-3,5-7,11,14H,4,8-10H2. The topological polar surface area (TPSA) is 23.5 Å². The van der Waals surface area contributed by atoms with E-state index in [2.05, 4.69) is 35.6 Å². The Kier molecular flexibility index (Phi) is 3.04. The molecule has 1 saturated heterocycles. The summed E-state index contributed by atoms with van der Waals surface area (Å²) in [5, 5.41) is 9.10. The molecule has 75 valence electrons. The zero-order valence-corrected chi connectivity index (χ0v) is 8.26. The number of piperidine rings is 1. The molecule has 1 aromatic rings. The molecule has 0 amide bonds. The van der Waals surface area contributed by atoms with Crippen LogP contribution in [0, 0.1) is 12.3 Å². The molecule has 2 heteroatoms. The Labute approximate surface area is 85.2 Å². The van der Waals surface area contributed by atoms with Crippen molar-refractivity contribution in [3.05, 3.63) is 36.8 Å². The minimum absolute atomic E-state index is 0.267. The molecule has 1 atom stereocenters. The summed E-state index contributed by atoms with van der Waals surface area (Å²) in [4.78, 5) is 2.33. The lowest BCUT2D eigenvalue weighted by atomic mass is 9.98. The molecule has 2 nitrogen and oxygen atoms in total. The predicted octanol–water partition coefficient (Wildman–Crippen LogP) is 1.71. The third-order valence-electron chi connectivity index (χ3n) is 2.71. The van der Waals surface area contributed by atoms with E-state index in [4.69, 9.17) is 5.11 Å². The zero-order chi connectivity index (χ0) is 9.80. The highest BCUT2D eigenvalue weighted by molar-refractivity contribution is 5.46. The SMILES string of the molecule is OCC1[CH]CCN(c2ccccc2)C1. The molecule has 14 heavy (non-hydrogen) atoms. The molecular formula is C12H16NO. The smallest absolute Gasteiger partial charge is 0.0478 e. The number of aliphatic hydroxyl groups excluding tert-OH is 1. The normalized spacial score (nSPS) is 22.4. The van der Waals surface area contributed by atoms with Crippen LogP contribution >= 0.6 is 0 Å². The van der Waals surface area contributed by atoms with Crippen molar-refractivity contribution >= 4 is 5.69 Å². The van der Waals surface area contributed by atoms with Crippen LogP contribution in [0.1, 0.15) is 6.42 Å². The predicted molar refractivity (Wildman–Crippen MR) is 58.1 cm³/mol. The Morgan fingerprint density at radius 3 is 2.79 bits per heavy atom. The van der Waals surface area contributed by atoms with Crippen molar-refractivity contribution in [2.45, 2.75) is 6.42 Å². The van der Waals surface area contributed by atoms with Crippen LogP contribution in [0.2, 0.25) is 0 Å². The molecule has 0 spiro atoms. The van der Waals surface area contributed by atoms with Gasteiger partial charge in [-0.1, -0.05) is 18.2 Å². The average molecular weight is 190 g/mol. The molecular weight excluding hydrogens is 174 g/mol. The van der Waals surface area contributed by atoms with Crippen molar-refractivity contribution in [1.29, 1.82) is 0 Å². The third-order valence-corrected chi connectivity index (χ3v) is 2.71. The molecule has 1 unspecified atom stereocenters. The number of anilines is 1. The van der Waals surface area contributed by atoms with E-state index in [0.29, 0.717) is 5.92 Å². The highest BCUT2D eigenvalue weighted by atomic mass is 16.3. The molecule has 1 aromatic carbocycles. The maximum absolute atomic E-state index is 9.10. The molecule has 1 N–H and O–H groups in total. The van der Waals surface area contributed by atoms with E-state index in [-0.39, 0.29) is 6.61 Å². The summed E-state index contributed by atoms with van der Waals surface area (Å²) < 4.78 is 0. The summed E-state index contributed by atoms with van der Waals surface area (Å²) in [5.74, 6) is 0.337. The molecule has 1 aliphatic heterocycles. The second-order valence-corrected chi connectivity index (χ2v) is 3.75. The first-order valence-electron chi connectivity index (χ1n) is 5.14. The van der Waals surface area contributed by atoms with Crippen LogP contribution in [0.4, 0.5) is 5.69 Å². The fourth-order valence-corrected chi connectivity index (χ4v) is 1.92. The minimum atomic E-state index is 0.267. The van der Waals surface area contributed by atoms with Crippen LogP contribution in [0.15, 0.2) is 30.3 Å². The van der Waals surface area contributed by atoms with Crippen molar-refractivity contribution in [3.8, 4) is 0 Å². The van der Waals surface area contributed by atoms with Crippen LogP contribution in [0.3, 0.4) is 0 Å². The molecule has 0 aliphatic carbocycles. The lowest BCUT2D eigenvalue weighted by Gasteiger charge is -2.33.